The summed E-state index contributed by atoms with van der Waals surface area (Å²) in [6, 6.07) is 3.08. The molecule has 0 aliphatic carbocycles. The molecule has 0 bridgehead atoms. The van der Waals surface area contributed by atoms with Crippen molar-refractivity contribution in [1.29, 1.82) is 0 Å². The van der Waals surface area contributed by atoms with Gasteiger partial charge in [0.1, 0.15) is 0 Å². The van der Waals surface area contributed by atoms with Crippen LogP contribution in [0.3, 0.4) is 0 Å². The van der Waals surface area contributed by atoms with Crippen LogP contribution in [0.25, 0.3) is 0 Å². The number of rotatable bonds is 2. The summed E-state index contributed by atoms with van der Waals surface area (Å²) in [5.74, 6) is -1.87. The quantitative estimate of drug-likeness (QED) is 0.710. The monoisotopic (exact) mass is 187 g/mol. The summed E-state index contributed by atoms with van der Waals surface area (Å²) < 4.78 is 22.8. The topological polar surface area (TPSA) is 54.4 Å². The van der Waals surface area contributed by atoms with E-state index in [0.29, 0.717) is 0 Å². The van der Waals surface area contributed by atoms with Crippen LogP contribution in [-0.4, -0.2) is 11.1 Å². The lowest BCUT2D eigenvalue weighted by Crippen LogP contribution is -1.97. The molecule has 3 nitrogen and oxygen atoms in total. The highest BCUT2D eigenvalue weighted by Crippen LogP contribution is 2.10. The highest BCUT2D eigenvalue weighted by Gasteiger charge is 2.17. The normalized spacial score (nSPS) is 9.42. The van der Waals surface area contributed by atoms with Gasteiger partial charge in [0.05, 0.1) is 5.56 Å². The van der Waals surface area contributed by atoms with Gasteiger partial charge >= 0.3 is 22.5 Å². The van der Waals surface area contributed by atoms with Crippen molar-refractivity contribution in [2.24, 2.45) is 0 Å². The van der Waals surface area contributed by atoms with Crippen LogP contribution in [0.4, 0.5) is 4.39 Å². The van der Waals surface area contributed by atoms with E-state index in [0.717, 1.165) is 18.2 Å². The third-order valence-corrected chi connectivity index (χ3v) is 1.76. The Bertz CT molecular complexity index is 337. The summed E-state index contributed by atoms with van der Waals surface area (Å²) in [5.41, 5.74) is -0.0882. The molecule has 0 saturated heterocycles. The number of hydrogen-bond donors (Lipinski definition) is 1. The van der Waals surface area contributed by atoms with E-state index in [1.54, 1.807) is 0 Å². The van der Waals surface area contributed by atoms with Crippen LogP contribution >= 0.6 is 0 Å². The van der Waals surface area contributed by atoms with Gasteiger partial charge in [-0.1, -0.05) is 0 Å². The van der Waals surface area contributed by atoms with Crippen molar-refractivity contribution in [2.45, 2.75) is 4.90 Å². The largest absolute Gasteiger partial charge is 0.508 e. The van der Waals surface area contributed by atoms with E-state index >= 15 is 0 Å². The minimum absolute atomic E-state index is 0.0613. The molecule has 0 heterocycles. The SMILES string of the molecule is O=[S+]c1cc(C(=O)O)ccc1F. The summed E-state index contributed by atoms with van der Waals surface area (Å²) in [6.45, 7) is 0. The Morgan fingerprint density at radius 1 is 1.50 bits per heavy atom. The Kier molecular flexibility index (Phi) is 2.44. The second-order valence-electron chi connectivity index (χ2n) is 2.03. The first-order chi connectivity index (χ1) is 5.65. The zero-order chi connectivity index (χ0) is 9.14. The van der Waals surface area contributed by atoms with Gasteiger partial charge in [0.2, 0.25) is 0 Å². The van der Waals surface area contributed by atoms with Crippen molar-refractivity contribution < 1.29 is 18.5 Å². The first-order valence-electron chi connectivity index (χ1n) is 2.98. The molecule has 0 aromatic heterocycles. The van der Waals surface area contributed by atoms with E-state index in [1.165, 1.54) is 0 Å². The molecule has 0 aliphatic rings. The van der Waals surface area contributed by atoms with Gasteiger partial charge in [-0.25, -0.2) is 9.18 Å². The molecule has 0 radical (unpaired) electrons. The maximum absolute atomic E-state index is 12.6. The Morgan fingerprint density at radius 2 is 2.17 bits per heavy atom. The highest BCUT2D eigenvalue weighted by molar-refractivity contribution is 7.65. The third kappa shape index (κ3) is 1.62. The number of benzene rings is 1. The molecule has 1 aromatic rings. The molecule has 0 aliphatic heterocycles. The molecule has 0 unspecified atom stereocenters. The van der Waals surface area contributed by atoms with Gasteiger partial charge in [0.15, 0.2) is 5.82 Å². The molecule has 0 saturated carbocycles. The Hall–Kier alpha value is -1.36. The predicted octanol–water partition coefficient (Wildman–Crippen LogP) is 1.31. The van der Waals surface area contributed by atoms with Crippen molar-refractivity contribution in [1.82, 2.24) is 0 Å². The maximum atomic E-state index is 12.6. The van der Waals surface area contributed by atoms with Crippen molar-refractivity contribution in [3.63, 3.8) is 0 Å². The molecule has 5 heteroatoms. The van der Waals surface area contributed by atoms with E-state index in [-0.39, 0.29) is 22.1 Å². The van der Waals surface area contributed by atoms with Gasteiger partial charge in [-0.15, -0.1) is 0 Å². The zero-order valence-electron chi connectivity index (χ0n) is 5.78. The summed E-state index contributed by atoms with van der Waals surface area (Å²) in [6.07, 6.45) is 0. The average molecular weight is 187 g/mol. The van der Waals surface area contributed by atoms with Crippen LogP contribution in [0.1, 0.15) is 10.4 Å². The van der Waals surface area contributed by atoms with Crippen molar-refractivity contribution in [3.05, 3.63) is 29.6 Å². The summed E-state index contributed by atoms with van der Waals surface area (Å²) in [7, 11) is 0. The molecule has 1 N–H and O–H groups in total. The molecule has 62 valence electrons. The van der Waals surface area contributed by atoms with Gasteiger partial charge in [0, 0.05) is 10.3 Å². The maximum Gasteiger partial charge on any atom is 0.508 e. The van der Waals surface area contributed by atoms with Crippen LogP contribution < -0.4 is 0 Å². The lowest BCUT2D eigenvalue weighted by Gasteiger charge is -1.89. The van der Waals surface area contributed by atoms with E-state index in [9.17, 15) is 13.4 Å². The fraction of sp³-hybridized carbons (Fsp3) is 0. The lowest BCUT2D eigenvalue weighted by atomic mass is 10.2. The molecule has 0 amide bonds. The fourth-order valence-corrected chi connectivity index (χ4v) is 1.02. The summed E-state index contributed by atoms with van der Waals surface area (Å²) in [4.78, 5) is 10.1. The van der Waals surface area contributed by atoms with E-state index in [2.05, 4.69) is 0 Å². The minimum Gasteiger partial charge on any atom is -0.478 e. The van der Waals surface area contributed by atoms with Crippen molar-refractivity contribution in [3.8, 4) is 0 Å². The highest BCUT2D eigenvalue weighted by atomic mass is 32.1. The second kappa shape index (κ2) is 3.36. The van der Waals surface area contributed by atoms with Gasteiger partial charge < -0.3 is 5.11 Å². The molecule has 12 heavy (non-hydrogen) atoms. The predicted molar refractivity (Wildman–Crippen MR) is 39.7 cm³/mol. The smallest absolute Gasteiger partial charge is 0.478 e. The third-order valence-electron chi connectivity index (χ3n) is 1.27. The van der Waals surface area contributed by atoms with Crippen molar-refractivity contribution in [2.75, 3.05) is 0 Å². The van der Waals surface area contributed by atoms with Crippen LogP contribution in [-0.2, 0) is 15.9 Å². The van der Waals surface area contributed by atoms with E-state index in [1.807, 2.05) is 0 Å². The number of hydrogen-bond acceptors (Lipinski definition) is 2. The number of carboxylic acids is 1. The van der Waals surface area contributed by atoms with Gasteiger partial charge in [0.25, 0.3) is 0 Å². The van der Waals surface area contributed by atoms with Crippen LogP contribution in [0.2, 0.25) is 0 Å². The van der Waals surface area contributed by atoms with Crippen LogP contribution in [0.15, 0.2) is 23.1 Å². The standard InChI is InChI=1S/C7H3FO3S/c8-5-2-1-4(7(9)10)3-6(5)12-11/h1-3H/p+1. The first kappa shape index (κ1) is 8.73. The molecule has 0 spiro atoms. The number of halogens is 1. The summed E-state index contributed by atoms with van der Waals surface area (Å²) in [5, 5.41) is 8.46. The van der Waals surface area contributed by atoms with Gasteiger partial charge in [-0.3, -0.25) is 0 Å². The van der Waals surface area contributed by atoms with Gasteiger partial charge in [-0.05, 0) is 12.1 Å². The molecular weight excluding hydrogens is 183 g/mol. The average Bonchev–Trinajstić information content (AvgIpc) is 2.05. The van der Waals surface area contributed by atoms with E-state index < -0.39 is 11.8 Å². The van der Waals surface area contributed by atoms with Gasteiger partial charge in [-0.2, -0.15) is 0 Å². The van der Waals surface area contributed by atoms with Crippen molar-refractivity contribution >= 4 is 17.6 Å². The molecule has 0 fully saturated rings. The second-order valence-corrected chi connectivity index (χ2v) is 2.64. The van der Waals surface area contributed by atoms with Crippen LogP contribution in [0.5, 0.6) is 0 Å². The molecule has 1 aromatic carbocycles. The lowest BCUT2D eigenvalue weighted by molar-refractivity contribution is 0.0696. The summed E-state index contributed by atoms with van der Waals surface area (Å²) >= 11 is -0.0613. The number of aromatic carboxylic acids is 1. The Morgan fingerprint density at radius 3 is 2.67 bits per heavy atom. The van der Waals surface area contributed by atoms with Crippen LogP contribution in [0, 0.1) is 5.82 Å². The van der Waals surface area contributed by atoms with E-state index in [4.69, 9.17) is 5.11 Å². The first-order valence-corrected chi connectivity index (χ1v) is 3.72. The number of carbonyl (C=O) groups is 1. The zero-order valence-corrected chi connectivity index (χ0v) is 6.60. The molecular formula is C7H4FO3S+. The minimum atomic E-state index is -1.18. The Balaban J connectivity index is 3.22. The number of carboxylic acid groups (broad SMARTS) is 1. The molecule has 1 rings (SSSR count). The molecule has 0 atom stereocenters. The Labute approximate surface area is 71.3 Å². The fourth-order valence-electron chi connectivity index (χ4n) is 0.700.